The van der Waals surface area contributed by atoms with Gasteiger partial charge in [-0.3, -0.25) is 0 Å². The normalized spacial score (nSPS) is 33.0. The number of nitrogens with zero attached hydrogens (tertiary/aromatic N) is 1. The molecule has 5 heteroatoms. The first-order valence-electron chi connectivity index (χ1n) is 6.88. The van der Waals surface area contributed by atoms with Crippen LogP contribution < -0.4 is 4.72 Å². The highest BCUT2D eigenvalue weighted by Gasteiger charge is 2.38. The number of hydrogen-bond acceptors (Lipinski definition) is 3. The Kier molecular flexibility index (Phi) is 3.98. The fourth-order valence-electron chi connectivity index (χ4n) is 2.85. The molecule has 0 spiro atoms. The molecule has 0 aromatic heterocycles. The van der Waals surface area contributed by atoms with Gasteiger partial charge in [0, 0.05) is 0 Å². The topological polar surface area (TPSA) is 70.0 Å². The van der Waals surface area contributed by atoms with Crippen LogP contribution in [0.2, 0.25) is 0 Å². The van der Waals surface area contributed by atoms with Gasteiger partial charge in [-0.15, -0.1) is 0 Å². The number of nitrogens with one attached hydrogen (secondary N) is 1. The molecule has 2 fully saturated rings. The fourth-order valence-corrected chi connectivity index (χ4v) is 4.42. The van der Waals surface area contributed by atoms with E-state index in [1.165, 1.54) is 0 Å². The summed E-state index contributed by atoms with van der Waals surface area (Å²) in [5.41, 5.74) is -0.847. The van der Waals surface area contributed by atoms with E-state index < -0.39 is 15.6 Å². The van der Waals surface area contributed by atoms with Gasteiger partial charge in [-0.05, 0) is 31.1 Å². The molecule has 0 saturated heterocycles. The van der Waals surface area contributed by atoms with Crippen molar-refractivity contribution < 1.29 is 8.42 Å². The van der Waals surface area contributed by atoms with E-state index in [2.05, 4.69) is 17.7 Å². The van der Waals surface area contributed by atoms with E-state index in [1.807, 2.05) is 0 Å². The van der Waals surface area contributed by atoms with Gasteiger partial charge in [-0.2, -0.15) is 9.98 Å². The highest BCUT2D eigenvalue weighted by atomic mass is 32.2. The second kappa shape index (κ2) is 5.18. The van der Waals surface area contributed by atoms with Gasteiger partial charge >= 0.3 is 0 Å². The Morgan fingerprint density at radius 1 is 1.39 bits per heavy atom. The van der Waals surface area contributed by atoms with Crippen molar-refractivity contribution in [1.29, 1.82) is 5.26 Å². The van der Waals surface area contributed by atoms with Crippen LogP contribution >= 0.6 is 0 Å². The standard InChI is InChI=1S/C13H22N2O2S/c1-11-3-2-7-13(9-11,10-14)15-18(16,17)8-6-12-4-5-12/h11-12,15H,2-9H2,1H3/t11-,13-/m1/s1. The van der Waals surface area contributed by atoms with Gasteiger partial charge in [0.15, 0.2) is 0 Å². The van der Waals surface area contributed by atoms with Crippen molar-refractivity contribution >= 4 is 10.0 Å². The van der Waals surface area contributed by atoms with Gasteiger partial charge in [0.2, 0.25) is 10.0 Å². The van der Waals surface area contributed by atoms with E-state index in [1.54, 1.807) is 0 Å². The number of sulfonamides is 1. The van der Waals surface area contributed by atoms with Crippen molar-refractivity contribution in [3.05, 3.63) is 0 Å². The molecular weight excluding hydrogens is 248 g/mol. The number of nitriles is 1. The van der Waals surface area contributed by atoms with Crippen LogP contribution in [0.15, 0.2) is 0 Å². The molecule has 2 rings (SSSR count). The van der Waals surface area contributed by atoms with E-state index in [4.69, 9.17) is 0 Å². The Labute approximate surface area is 110 Å². The molecule has 102 valence electrons. The van der Waals surface area contributed by atoms with Crippen LogP contribution in [0.3, 0.4) is 0 Å². The molecule has 1 N–H and O–H groups in total. The molecular formula is C13H22N2O2S. The Bertz CT molecular complexity index is 436. The first-order chi connectivity index (χ1) is 8.45. The first-order valence-corrected chi connectivity index (χ1v) is 8.53. The maximum absolute atomic E-state index is 12.0. The first kappa shape index (κ1) is 13.8. The smallest absolute Gasteiger partial charge is 0.212 e. The van der Waals surface area contributed by atoms with Crippen LogP contribution in [0, 0.1) is 23.2 Å². The summed E-state index contributed by atoms with van der Waals surface area (Å²) >= 11 is 0. The zero-order valence-corrected chi connectivity index (χ0v) is 11.8. The van der Waals surface area contributed by atoms with Gasteiger partial charge < -0.3 is 0 Å². The maximum Gasteiger partial charge on any atom is 0.212 e. The molecule has 0 aromatic rings. The molecule has 2 aliphatic rings. The van der Waals surface area contributed by atoms with Gasteiger partial charge in [-0.1, -0.05) is 32.6 Å². The summed E-state index contributed by atoms with van der Waals surface area (Å²) in [6, 6.07) is 2.22. The molecule has 0 amide bonds. The van der Waals surface area contributed by atoms with Crippen molar-refractivity contribution in [3.8, 4) is 6.07 Å². The third-order valence-corrected chi connectivity index (χ3v) is 5.53. The second-order valence-corrected chi connectivity index (χ2v) is 7.89. The lowest BCUT2D eigenvalue weighted by Gasteiger charge is -2.34. The summed E-state index contributed by atoms with van der Waals surface area (Å²) in [5.74, 6) is 1.20. The van der Waals surface area contributed by atoms with Gasteiger partial charge in [0.25, 0.3) is 0 Å². The van der Waals surface area contributed by atoms with E-state index in [9.17, 15) is 13.7 Å². The third kappa shape index (κ3) is 3.69. The highest BCUT2D eigenvalue weighted by molar-refractivity contribution is 7.89. The quantitative estimate of drug-likeness (QED) is 0.832. The molecule has 0 heterocycles. The largest absolute Gasteiger partial charge is 0.212 e. The summed E-state index contributed by atoms with van der Waals surface area (Å²) in [4.78, 5) is 0. The van der Waals surface area contributed by atoms with Crippen molar-refractivity contribution in [2.45, 2.75) is 57.4 Å². The second-order valence-electron chi connectivity index (χ2n) is 6.05. The minimum atomic E-state index is -3.30. The predicted molar refractivity (Wildman–Crippen MR) is 70.2 cm³/mol. The van der Waals surface area contributed by atoms with E-state index in [0.29, 0.717) is 24.7 Å². The molecule has 4 nitrogen and oxygen atoms in total. The molecule has 0 bridgehead atoms. The Balaban J connectivity index is 1.97. The molecule has 2 saturated carbocycles. The lowest BCUT2D eigenvalue weighted by atomic mass is 9.78. The van der Waals surface area contributed by atoms with Crippen LogP contribution in [0.5, 0.6) is 0 Å². The van der Waals surface area contributed by atoms with Gasteiger partial charge in [-0.25, -0.2) is 8.42 Å². The minimum absolute atomic E-state index is 0.176. The average molecular weight is 270 g/mol. The summed E-state index contributed by atoms with van der Waals surface area (Å²) in [7, 11) is -3.30. The molecule has 0 aromatic carbocycles. The lowest BCUT2D eigenvalue weighted by Crippen LogP contribution is -2.50. The fraction of sp³-hybridized carbons (Fsp3) is 0.923. The Hall–Kier alpha value is -0.600. The molecule has 0 unspecified atom stereocenters. The van der Waals surface area contributed by atoms with Crippen LogP contribution in [0.4, 0.5) is 0 Å². The molecule has 18 heavy (non-hydrogen) atoms. The van der Waals surface area contributed by atoms with Crippen LogP contribution in [-0.2, 0) is 10.0 Å². The van der Waals surface area contributed by atoms with Crippen molar-refractivity contribution in [2.24, 2.45) is 11.8 Å². The van der Waals surface area contributed by atoms with Crippen molar-refractivity contribution in [2.75, 3.05) is 5.75 Å². The van der Waals surface area contributed by atoms with Crippen LogP contribution in [0.25, 0.3) is 0 Å². The third-order valence-electron chi connectivity index (χ3n) is 4.05. The maximum atomic E-state index is 12.0. The Morgan fingerprint density at radius 3 is 2.67 bits per heavy atom. The van der Waals surface area contributed by atoms with E-state index >= 15 is 0 Å². The average Bonchev–Trinajstić information content (AvgIpc) is 3.10. The highest BCUT2D eigenvalue weighted by Crippen LogP contribution is 2.34. The lowest BCUT2D eigenvalue weighted by molar-refractivity contribution is 0.270. The molecule has 2 aliphatic carbocycles. The van der Waals surface area contributed by atoms with E-state index in [0.717, 1.165) is 32.1 Å². The number of hydrogen-bond donors (Lipinski definition) is 1. The molecule has 2 atom stereocenters. The van der Waals surface area contributed by atoms with Crippen molar-refractivity contribution in [1.82, 2.24) is 4.72 Å². The summed E-state index contributed by atoms with van der Waals surface area (Å²) in [6.45, 7) is 2.09. The van der Waals surface area contributed by atoms with Gasteiger partial charge in [0.05, 0.1) is 11.8 Å². The molecule has 0 radical (unpaired) electrons. The predicted octanol–water partition coefficient (Wildman–Crippen LogP) is 2.18. The SMILES string of the molecule is C[C@@H]1CCC[C@@](C#N)(NS(=O)(=O)CCC2CC2)C1. The Morgan fingerprint density at radius 2 is 2.11 bits per heavy atom. The zero-order chi connectivity index (χ0) is 13.2. The van der Waals surface area contributed by atoms with E-state index in [-0.39, 0.29) is 5.75 Å². The van der Waals surface area contributed by atoms with Crippen LogP contribution in [-0.4, -0.2) is 19.7 Å². The van der Waals surface area contributed by atoms with Gasteiger partial charge in [0.1, 0.15) is 5.54 Å². The summed E-state index contributed by atoms with van der Waals surface area (Å²) in [6.07, 6.45) is 6.38. The number of rotatable bonds is 5. The zero-order valence-electron chi connectivity index (χ0n) is 11.0. The monoisotopic (exact) mass is 270 g/mol. The van der Waals surface area contributed by atoms with Crippen molar-refractivity contribution in [3.63, 3.8) is 0 Å². The summed E-state index contributed by atoms with van der Waals surface area (Å²) < 4.78 is 26.8. The minimum Gasteiger partial charge on any atom is -0.212 e. The summed E-state index contributed by atoms with van der Waals surface area (Å²) in [5, 5.41) is 9.34. The van der Waals surface area contributed by atoms with Crippen LogP contribution in [0.1, 0.15) is 51.9 Å². The molecule has 0 aliphatic heterocycles.